The molecule has 2 amide bonds. The maximum absolute atomic E-state index is 12.0. The van der Waals surface area contributed by atoms with Crippen molar-refractivity contribution in [3.63, 3.8) is 0 Å². The largest absolute Gasteiger partial charge is 0.482 e. The van der Waals surface area contributed by atoms with Crippen LogP contribution >= 0.6 is 15.9 Å². The number of amides is 2. The SMILES string of the molecule is CC(=O)Nc1ccccc1OCC(=O)Nc1ccc(C)cc1Br. The standard InChI is InChI=1S/C17H17BrN2O3/c1-11-7-8-14(13(18)9-11)20-17(22)10-23-16-6-4-3-5-15(16)19-12(2)21/h3-9H,10H2,1-2H3,(H,19,21)(H,20,22). The number of ether oxygens (including phenoxy) is 1. The quantitative estimate of drug-likeness (QED) is 0.835. The molecule has 0 fully saturated rings. The van der Waals surface area contributed by atoms with Gasteiger partial charge in [0.15, 0.2) is 6.61 Å². The molecule has 2 N–H and O–H groups in total. The van der Waals surface area contributed by atoms with Gasteiger partial charge >= 0.3 is 0 Å². The smallest absolute Gasteiger partial charge is 0.262 e. The summed E-state index contributed by atoms with van der Waals surface area (Å²) in [5.74, 6) is -0.0397. The molecule has 0 aliphatic carbocycles. The van der Waals surface area contributed by atoms with Crippen LogP contribution in [-0.2, 0) is 9.59 Å². The van der Waals surface area contributed by atoms with Gasteiger partial charge < -0.3 is 15.4 Å². The van der Waals surface area contributed by atoms with Crippen molar-refractivity contribution in [1.82, 2.24) is 0 Å². The van der Waals surface area contributed by atoms with Crippen LogP contribution in [0.5, 0.6) is 5.75 Å². The Hall–Kier alpha value is -2.34. The Morgan fingerprint density at radius 1 is 1.09 bits per heavy atom. The average Bonchev–Trinajstić information content (AvgIpc) is 2.49. The van der Waals surface area contributed by atoms with E-state index < -0.39 is 0 Å². The number of para-hydroxylation sites is 2. The Bertz CT molecular complexity index is 732. The number of anilines is 2. The van der Waals surface area contributed by atoms with Crippen LogP contribution in [0, 0.1) is 6.92 Å². The second-order valence-electron chi connectivity index (χ2n) is 5.00. The molecular weight excluding hydrogens is 360 g/mol. The van der Waals surface area contributed by atoms with Crippen LogP contribution in [-0.4, -0.2) is 18.4 Å². The van der Waals surface area contributed by atoms with Gasteiger partial charge in [0.05, 0.1) is 11.4 Å². The number of aryl methyl sites for hydroxylation is 1. The van der Waals surface area contributed by atoms with Crippen molar-refractivity contribution in [2.24, 2.45) is 0 Å². The van der Waals surface area contributed by atoms with E-state index in [0.29, 0.717) is 17.1 Å². The van der Waals surface area contributed by atoms with Gasteiger partial charge in [-0.25, -0.2) is 0 Å². The second kappa shape index (κ2) is 7.78. The normalized spacial score (nSPS) is 10.0. The fourth-order valence-corrected chi connectivity index (χ4v) is 2.53. The molecule has 23 heavy (non-hydrogen) atoms. The zero-order valence-electron chi connectivity index (χ0n) is 12.9. The lowest BCUT2D eigenvalue weighted by Crippen LogP contribution is -2.21. The van der Waals surface area contributed by atoms with Crippen molar-refractivity contribution in [2.45, 2.75) is 13.8 Å². The number of benzene rings is 2. The first kappa shape index (κ1) is 17.0. The van der Waals surface area contributed by atoms with Crippen LogP contribution in [0.15, 0.2) is 46.9 Å². The maximum atomic E-state index is 12.0. The summed E-state index contributed by atoms with van der Waals surface area (Å²) < 4.78 is 6.30. The molecule has 0 spiro atoms. The van der Waals surface area contributed by atoms with E-state index in [0.717, 1.165) is 10.0 Å². The van der Waals surface area contributed by atoms with E-state index in [2.05, 4.69) is 26.6 Å². The highest BCUT2D eigenvalue weighted by Crippen LogP contribution is 2.25. The van der Waals surface area contributed by atoms with Crippen LogP contribution in [0.4, 0.5) is 11.4 Å². The zero-order chi connectivity index (χ0) is 16.8. The monoisotopic (exact) mass is 376 g/mol. The lowest BCUT2D eigenvalue weighted by atomic mass is 10.2. The lowest BCUT2D eigenvalue weighted by Gasteiger charge is -2.12. The minimum atomic E-state index is -0.285. The fraction of sp³-hybridized carbons (Fsp3) is 0.176. The number of nitrogens with one attached hydrogen (secondary N) is 2. The molecular formula is C17H17BrN2O3. The predicted octanol–water partition coefficient (Wildman–Crippen LogP) is 3.73. The molecule has 0 unspecified atom stereocenters. The molecule has 0 aliphatic heterocycles. The van der Waals surface area contributed by atoms with E-state index in [-0.39, 0.29) is 18.4 Å². The van der Waals surface area contributed by atoms with Crippen LogP contribution in [0.1, 0.15) is 12.5 Å². The molecule has 0 aromatic heterocycles. The summed E-state index contributed by atoms with van der Waals surface area (Å²) in [5, 5.41) is 5.43. The van der Waals surface area contributed by atoms with E-state index in [1.165, 1.54) is 6.92 Å². The molecule has 6 heteroatoms. The van der Waals surface area contributed by atoms with Gasteiger partial charge in [0.1, 0.15) is 5.75 Å². The third-order valence-corrected chi connectivity index (χ3v) is 3.61. The first-order valence-corrected chi connectivity index (χ1v) is 7.80. The van der Waals surface area contributed by atoms with E-state index in [9.17, 15) is 9.59 Å². The van der Waals surface area contributed by atoms with Gasteiger partial charge in [-0.15, -0.1) is 0 Å². The highest BCUT2D eigenvalue weighted by Gasteiger charge is 2.09. The summed E-state index contributed by atoms with van der Waals surface area (Å²) in [6.07, 6.45) is 0. The maximum Gasteiger partial charge on any atom is 0.262 e. The zero-order valence-corrected chi connectivity index (χ0v) is 14.4. The Balaban J connectivity index is 1.98. The third kappa shape index (κ3) is 5.10. The molecule has 2 aromatic rings. The van der Waals surface area contributed by atoms with Gasteiger partial charge in [0.25, 0.3) is 5.91 Å². The summed E-state index contributed by atoms with van der Waals surface area (Å²) >= 11 is 3.41. The third-order valence-electron chi connectivity index (χ3n) is 2.96. The summed E-state index contributed by atoms with van der Waals surface area (Å²) in [7, 11) is 0. The van der Waals surface area contributed by atoms with Crippen LogP contribution in [0.2, 0.25) is 0 Å². The Morgan fingerprint density at radius 2 is 1.83 bits per heavy atom. The van der Waals surface area contributed by atoms with Gasteiger partial charge in [-0.3, -0.25) is 9.59 Å². The highest BCUT2D eigenvalue weighted by atomic mass is 79.9. The van der Waals surface area contributed by atoms with Gasteiger partial charge in [-0.05, 0) is 52.7 Å². The highest BCUT2D eigenvalue weighted by molar-refractivity contribution is 9.10. The van der Waals surface area contributed by atoms with Crippen molar-refractivity contribution in [3.8, 4) is 5.75 Å². The lowest BCUT2D eigenvalue weighted by molar-refractivity contribution is -0.118. The Morgan fingerprint density at radius 3 is 2.52 bits per heavy atom. The fourth-order valence-electron chi connectivity index (χ4n) is 1.94. The molecule has 2 rings (SSSR count). The summed E-state index contributed by atoms with van der Waals surface area (Å²) in [6, 6.07) is 12.6. The molecule has 5 nitrogen and oxygen atoms in total. The number of rotatable bonds is 5. The van der Waals surface area contributed by atoms with Gasteiger partial charge in [0, 0.05) is 11.4 Å². The number of hydrogen-bond acceptors (Lipinski definition) is 3. The van der Waals surface area contributed by atoms with Crippen LogP contribution in [0.25, 0.3) is 0 Å². The van der Waals surface area contributed by atoms with Gasteiger partial charge in [-0.1, -0.05) is 18.2 Å². The van der Waals surface area contributed by atoms with Crippen molar-refractivity contribution in [1.29, 1.82) is 0 Å². The number of carbonyl (C=O) groups is 2. The first-order valence-electron chi connectivity index (χ1n) is 7.01. The predicted molar refractivity (Wildman–Crippen MR) is 93.7 cm³/mol. The number of hydrogen-bond donors (Lipinski definition) is 2. The van der Waals surface area contributed by atoms with Crippen molar-refractivity contribution >= 4 is 39.1 Å². The van der Waals surface area contributed by atoms with Crippen molar-refractivity contribution in [2.75, 3.05) is 17.2 Å². The van der Waals surface area contributed by atoms with Crippen molar-refractivity contribution in [3.05, 3.63) is 52.5 Å². The van der Waals surface area contributed by atoms with Crippen LogP contribution in [0.3, 0.4) is 0 Å². The first-order chi connectivity index (χ1) is 11.0. The van der Waals surface area contributed by atoms with Crippen LogP contribution < -0.4 is 15.4 Å². The second-order valence-corrected chi connectivity index (χ2v) is 5.85. The van der Waals surface area contributed by atoms with Gasteiger partial charge in [0.2, 0.25) is 5.91 Å². The molecule has 0 saturated carbocycles. The van der Waals surface area contributed by atoms with E-state index >= 15 is 0 Å². The summed E-state index contributed by atoms with van der Waals surface area (Å²) in [5.41, 5.74) is 2.30. The molecule has 0 bridgehead atoms. The molecule has 2 aromatic carbocycles. The van der Waals surface area contributed by atoms with Gasteiger partial charge in [-0.2, -0.15) is 0 Å². The molecule has 120 valence electrons. The average molecular weight is 377 g/mol. The Labute approximate surface area is 143 Å². The number of carbonyl (C=O) groups excluding carboxylic acids is 2. The minimum absolute atomic E-state index is 0.156. The van der Waals surface area contributed by atoms with E-state index in [1.54, 1.807) is 24.3 Å². The summed E-state index contributed by atoms with van der Waals surface area (Å²) in [4.78, 5) is 23.2. The van der Waals surface area contributed by atoms with E-state index in [4.69, 9.17) is 4.74 Å². The molecule has 0 heterocycles. The topological polar surface area (TPSA) is 67.4 Å². The Kier molecular flexibility index (Phi) is 5.76. The molecule has 0 radical (unpaired) electrons. The summed E-state index contributed by atoms with van der Waals surface area (Å²) in [6.45, 7) is 3.23. The minimum Gasteiger partial charge on any atom is -0.482 e. The van der Waals surface area contributed by atoms with E-state index in [1.807, 2.05) is 25.1 Å². The molecule has 0 aliphatic rings. The van der Waals surface area contributed by atoms with Crippen molar-refractivity contribution < 1.29 is 14.3 Å². The molecule has 0 saturated heterocycles. The number of halogens is 1. The molecule has 0 atom stereocenters.